The smallest absolute Gasteiger partial charge is 0.190 e. The summed E-state index contributed by atoms with van der Waals surface area (Å²) in [5, 5.41) is 0. The molecule has 0 bridgehead atoms. The van der Waals surface area contributed by atoms with Gasteiger partial charge in [-0.2, -0.15) is 0 Å². The van der Waals surface area contributed by atoms with Crippen molar-refractivity contribution in [1.82, 2.24) is 0 Å². The number of fused-ring (bicyclic) bond motifs is 1. The lowest BCUT2D eigenvalue weighted by Gasteiger charge is -2.35. The molecule has 2 aliphatic carbocycles. The number of hydrogen-bond donors (Lipinski definition) is 0. The number of hydrogen-bond acceptors (Lipinski definition) is 6. The van der Waals surface area contributed by atoms with E-state index in [-0.39, 0.29) is 24.4 Å². The lowest BCUT2D eigenvalue weighted by atomic mass is 9.94. The van der Waals surface area contributed by atoms with Gasteiger partial charge in [-0.1, -0.05) is 43.2 Å². The average Bonchev–Trinajstić information content (AvgIpc) is 3.46. The van der Waals surface area contributed by atoms with Crippen LogP contribution in [0.25, 0.3) is 0 Å². The second-order valence-electron chi connectivity index (χ2n) is 9.84. The van der Waals surface area contributed by atoms with E-state index in [1.165, 1.54) is 12.8 Å². The Balaban J connectivity index is 1.19. The van der Waals surface area contributed by atoms with Gasteiger partial charge < -0.3 is 28.4 Å². The van der Waals surface area contributed by atoms with Crippen LogP contribution in [-0.4, -0.2) is 48.9 Å². The van der Waals surface area contributed by atoms with Gasteiger partial charge >= 0.3 is 0 Å². The maximum absolute atomic E-state index is 6.57. The van der Waals surface area contributed by atoms with Crippen molar-refractivity contribution in [2.75, 3.05) is 6.61 Å². The van der Waals surface area contributed by atoms with Crippen molar-refractivity contribution in [1.29, 1.82) is 0 Å². The van der Waals surface area contributed by atoms with E-state index in [1.54, 1.807) is 0 Å². The highest BCUT2D eigenvalue weighted by atomic mass is 16.9. The summed E-state index contributed by atoms with van der Waals surface area (Å²) in [5.74, 6) is -0.926. The lowest BCUT2D eigenvalue weighted by molar-refractivity contribution is -0.263. The van der Waals surface area contributed by atoms with Gasteiger partial charge in [0.1, 0.15) is 24.4 Å². The summed E-state index contributed by atoms with van der Waals surface area (Å²) < 4.78 is 38.6. The van der Waals surface area contributed by atoms with Crippen LogP contribution < -0.4 is 0 Å². The minimum Gasteiger partial charge on any atom is -0.368 e. The number of benzene rings is 1. The van der Waals surface area contributed by atoms with E-state index in [0.29, 0.717) is 13.2 Å². The molecule has 1 aromatic rings. The normalized spacial score (nSPS) is 38.6. The molecule has 6 nitrogen and oxygen atoms in total. The third-order valence-electron chi connectivity index (χ3n) is 7.65. The van der Waals surface area contributed by atoms with Crippen LogP contribution in [0, 0.1) is 0 Å². The zero-order valence-electron chi connectivity index (χ0n) is 18.2. The van der Waals surface area contributed by atoms with E-state index in [2.05, 4.69) is 12.1 Å². The molecule has 3 aliphatic heterocycles. The fraction of sp³-hybridized carbons (Fsp3) is 0.760. The first kappa shape index (κ1) is 20.6. The molecule has 170 valence electrons. The van der Waals surface area contributed by atoms with Gasteiger partial charge in [0.15, 0.2) is 17.9 Å². The van der Waals surface area contributed by atoms with Crippen molar-refractivity contribution in [2.24, 2.45) is 0 Å². The second kappa shape index (κ2) is 8.40. The molecule has 5 aliphatic rings. The summed E-state index contributed by atoms with van der Waals surface area (Å²) in [6, 6.07) is 10.3. The van der Waals surface area contributed by atoms with E-state index in [9.17, 15) is 0 Å². The Hall–Kier alpha value is -1.02. The Morgan fingerprint density at radius 1 is 0.774 bits per heavy atom. The van der Waals surface area contributed by atoms with Crippen LogP contribution in [-0.2, 0) is 35.0 Å². The standard InChI is InChI=1S/C25H34O6/c1-4-10-18(11-5-1)16-26-21-20(19-17-27-24(29-19)12-6-2-7-13-24)28-23-22(21)30-25(31-23)14-8-3-9-15-25/h1,4-5,10-11,19-23H,2-3,6-9,12-17H2/t19-,20-,21+,22-,23+/m0/s1. The summed E-state index contributed by atoms with van der Waals surface area (Å²) in [6.07, 6.45) is 9.65. The molecule has 0 aromatic heterocycles. The zero-order chi connectivity index (χ0) is 20.7. The van der Waals surface area contributed by atoms with Gasteiger partial charge in [-0.25, -0.2) is 0 Å². The van der Waals surface area contributed by atoms with Crippen LogP contribution in [0.1, 0.15) is 69.8 Å². The molecule has 3 heterocycles. The maximum atomic E-state index is 6.57. The van der Waals surface area contributed by atoms with Crippen LogP contribution in [0.4, 0.5) is 0 Å². The van der Waals surface area contributed by atoms with Crippen molar-refractivity contribution in [3.05, 3.63) is 35.9 Å². The van der Waals surface area contributed by atoms with Gasteiger partial charge in [0, 0.05) is 25.7 Å². The van der Waals surface area contributed by atoms with Gasteiger partial charge in [-0.3, -0.25) is 0 Å². The van der Waals surface area contributed by atoms with Crippen molar-refractivity contribution < 1.29 is 28.4 Å². The molecule has 31 heavy (non-hydrogen) atoms. The first-order valence-electron chi connectivity index (χ1n) is 12.2. The molecule has 2 saturated carbocycles. The van der Waals surface area contributed by atoms with Gasteiger partial charge in [0.05, 0.1) is 13.2 Å². The first-order valence-corrected chi connectivity index (χ1v) is 12.2. The summed E-state index contributed by atoms with van der Waals surface area (Å²) in [4.78, 5) is 0. The maximum Gasteiger partial charge on any atom is 0.190 e. The highest BCUT2D eigenvalue weighted by Crippen LogP contribution is 2.48. The quantitative estimate of drug-likeness (QED) is 0.704. The van der Waals surface area contributed by atoms with Crippen LogP contribution in [0.15, 0.2) is 30.3 Å². The first-order chi connectivity index (χ1) is 15.2. The van der Waals surface area contributed by atoms with E-state index in [1.807, 2.05) is 18.2 Å². The van der Waals surface area contributed by atoms with Gasteiger partial charge in [0.2, 0.25) is 0 Å². The zero-order valence-corrected chi connectivity index (χ0v) is 18.2. The largest absolute Gasteiger partial charge is 0.368 e. The Kier molecular flexibility index (Phi) is 5.57. The second-order valence-corrected chi connectivity index (χ2v) is 9.84. The molecular formula is C25H34O6. The van der Waals surface area contributed by atoms with Gasteiger partial charge in [-0.15, -0.1) is 0 Å². The number of ether oxygens (including phenoxy) is 6. The van der Waals surface area contributed by atoms with E-state index < -0.39 is 17.9 Å². The highest BCUT2D eigenvalue weighted by molar-refractivity contribution is 5.14. The SMILES string of the molecule is c1ccc(CO[C@H]2[C@@H]3OC4(CCCCC4)O[C@H]3O[C@H]2[C@@H]2COC3(CCCCC3)O2)cc1. The van der Waals surface area contributed by atoms with E-state index in [0.717, 1.165) is 56.9 Å². The Labute approximate surface area is 184 Å². The Bertz CT molecular complexity index is 742. The Morgan fingerprint density at radius 3 is 2.23 bits per heavy atom. The topological polar surface area (TPSA) is 55.4 Å². The Morgan fingerprint density at radius 2 is 1.48 bits per heavy atom. The van der Waals surface area contributed by atoms with Crippen LogP contribution >= 0.6 is 0 Å². The third-order valence-corrected chi connectivity index (χ3v) is 7.65. The van der Waals surface area contributed by atoms with E-state index in [4.69, 9.17) is 28.4 Å². The molecule has 6 heteroatoms. The highest BCUT2D eigenvalue weighted by Gasteiger charge is 2.61. The van der Waals surface area contributed by atoms with Crippen molar-refractivity contribution in [3.8, 4) is 0 Å². The molecule has 5 fully saturated rings. The molecule has 0 unspecified atom stereocenters. The fourth-order valence-corrected chi connectivity index (χ4v) is 6.03. The summed E-state index contributed by atoms with van der Waals surface area (Å²) >= 11 is 0. The van der Waals surface area contributed by atoms with E-state index >= 15 is 0 Å². The van der Waals surface area contributed by atoms with Crippen LogP contribution in [0.5, 0.6) is 0 Å². The van der Waals surface area contributed by atoms with Crippen molar-refractivity contribution in [2.45, 2.75) is 113 Å². The average molecular weight is 431 g/mol. The minimum absolute atomic E-state index is 0.154. The monoisotopic (exact) mass is 430 g/mol. The molecule has 0 N–H and O–H groups in total. The molecule has 6 rings (SSSR count). The molecule has 3 saturated heterocycles. The summed E-state index contributed by atoms with van der Waals surface area (Å²) in [7, 11) is 0. The fourth-order valence-electron chi connectivity index (χ4n) is 6.03. The minimum atomic E-state index is -0.496. The molecule has 0 radical (unpaired) electrons. The molecule has 5 atom stereocenters. The molecule has 0 amide bonds. The summed E-state index contributed by atoms with van der Waals surface area (Å²) in [6.45, 7) is 1.06. The number of rotatable bonds is 4. The third kappa shape index (κ3) is 3.96. The summed E-state index contributed by atoms with van der Waals surface area (Å²) in [5.41, 5.74) is 1.14. The predicted molar refractivity (Wildman–Crippen MR) is 112 cm³/mol. The van der Waals surface area contributed by atoms with Crippen LogP contribution in [0.3, 0.4) is 0 Å². The van der Waals surface area contributed by atoms with Gasteiger partial charge in [-0.05, 0) is 31.2 Å². The molecule has 1 aromatic carbocycles. The van der Waals surface area contributed by atoms with Gasteiger partial charge in [0.25, 0.3) is 0 Å². The molecule has 2 spiro atoms. The lowest BCUT2D eigenvalue weighted by Crippen LogP contribution is -2.45. The van der Waals surface area contributed by atoms with Crippen molar-refractivity contribution >= 4 is 0 Å². The molecular weight excluding hydrogens is 396 g/mol. The van der Waals surface area contributed by atoms with Crippen LogP contribution in [0.2, 0.25) is 0 Å². The van der Waals surface area contributed by atoms with Crippen molar-refractivity contribution in [3.63, 3.8) is 0 Å². The predicted octanol–water partition coefficient (Wildman–Crippen LogP) is 4.45.